The van der Waals surface area contributed by atoms with Crippen LogP contribution in [0.4, 0.5) is 5.82 Å². The number of rotatable bonds is 8. The average Bonchev–Trinajstić information content (AvgIpc) is 3.88. The number of amides is 2. The molecule has 260 valence electrons. The Morgan fingerprint density at radius 3 is 2.52 bits per heavy atom. The van der Waals surface area contributed by atoms with Crippen molar-refractivity contribution in [2.75, 3.05) is 12.3 Å². The van der Waals surface area contributed by atoms with E-state index in [1.807, 2.05) is 6.07 Å². The number of nitrogens with zero attached hydrogens (tertiary/aromatic N) is 2. The van der Waals surface area contributed by atoms with Crippen molar-refractivity contribution in [3.8, 4) is 0 Å². The summed E-state index contributed by atoms with van der Waals surface area (Å²) in [6, 6.07) is 3.66. The maximum atomic E-state index is 14.4. The Labute approximate surface area is 292 Å². The summed E-state index contributed by atoms with van der Waals surface area (Å²) in [6.45, 7) is 4.46. The van der Waals surface area contributed by atoms with E-state index in [9.17, 15) is 19.2 Å². The molecule has 6 aliphatic carbocycles. The standard InChI is InChI=1S/C41H45N3O6/c1-3-5-8-28-41-17-13-24(25-19-23-9-10-27(40(4-2)15-6-7-16-40)37-32(23)34(35(25)41)38(47)50-37)33(36(41)39(48)49-28)26(22-14-18-43-29(42)20-22)21-44-30(45)11-12-31(44)46/h8,11-12,14,18,20,23-26,35H,3-7,9-10,13,15-17,19,21H2,1-2H3,(H2,42,43)/b28-8-/t23-,24+,25+,26-,35-,41+/m1/s1. The molecule has 1 spiro atoms. The lowest BCUT2D eigenvalue weighted by molar-refractivity contribution is -0.137. The number of aromatic nitrogens is 1. The van der Waals surface area contributed by atoms with Gasteiger partial charge in [-0.25, -0.2) is 14.6 Å². The molecule has 50 heavy (non-hydrogen) atoms. The summed E-state index contributed by atoms with van der Waals surface area (Å²) in [5.41, 5.74) is 11.1. The second-order valence-corrected chi connectivity index (χ2v) is 15.9. The van der Waals surface area contributed by atoms with Crippen molar-refractivity contribution in [1.82, 2.24) is 9.88 Å². The topological polar surface area (TPSA) is 129 Å². The minimum atomic E-state index is -0.829. The van der Waals surface area contributed by atoms with Crippen LogP contribution in [0.3, 0.4) is 0 Å². The maximum Gasteiger partial charge on any atom is 0.340 e. The Bertz CT molecular complexity index is 1890. The monoisotopic (exact) mass is 675 g/mol. The van der Waals surface area contributed by atoms with Crippen LogP contribution in [0.1, 0.15) is 102 Å². The number of hydrogen-bond donors (Lipinski definition) is 1. The SMILES string of the molecule is CCC/C=C1\OC(=O)C2=C([C@H](CN3C(=O)C=CC3=O)c3ccnc(N)c3)[C@H]3CC[C@]21[C@H]1C2=C4C(=C(C5(CC)CCCC5)CC[C@@H]4C[C@@H]31)OC2=O. The molecule has 3 fully saturated rings. The van der Waals surface area contributed by atoms with Gasteiger partial charge in [-0.3, -0.25) is 14.5 Å². The second kappa shape index (κ2) is 11.4. The van der Waals surface area contributed by atoms with Crippen LogP contribution in [0, 0.1) is 34.5 Å². The molecular weight excluding hydrogens is 630 g/mol. The number of cyclic esters (lactones) is 1. The molecule has 2 saturated carbocycles. The molecule has 1 aromatic rings. The first-order chi connectivity index (χ1) is 24.2. The summed E-state index contributed by atoms with van der Waals surface area (Å²) in [7, 11) is 0. The number of nitrogen functional groups attached to an aromatic ring is 1. The van der Waals surface area contributed by atoms with Gasteiger partial charge < -0.3 is 15.2 Å². The van der Waals surface area contributed by atoms with Gasteiger partial charge in [0.25, 0.3) is 11.8 Å². The highest BCUT2D eigenvalue weighted by molar-refractivity contribution is 6.13. The smallest absolute Gasteiger partial charge is 0.340 e. The third-order valence-electron chi connectivity index (χ3n) is 13.9. The first kappa shape index (κ1) is 31.7. The molecule has 9 nitrogen and oxygen atoms in total. The summed E-state index contributed by atoms with van der Waals surface area (Å²) in [4.78, 5) is 60.3. The van der Waals surface area contributed by atoms with E-state index >= 15 is 0 Å². The molecule has 2 N–H and O–H groups in total. The number of esters is 2. The number of allylic oxidation sites excluding steroid dienone is 4. The van der Waals surface area contributed by atoms with Crippen molar-refractivity contribution in [1.29, 1.82) is 0 Å². The van der Waals surface area contributed by atoms with Crippen molar-refractivity contribution < 1.29 is 28.7 Å². The van der Waals surface area contributed by atoms with Crippen molar-refractivity contribution in [2.45, 2.75) is 96.8 Å². The largest absolute Gasteiger partial charge is 0.427 e. The molecule has 9 aliphatic rings. The molecule has 9 heteroatoms. The van der Waals surface area contributed by atoms with E-state index in [1.165, 1.54) is 35.5 Å². The Morgan fingerprint density at radius 1 is 1.02 bits per heavy atom. The summed E-state index contributed by atoms with van der Waals surface area (Å²) in [5.74, 6) is -0.0440. The van der Waals surface area contributed by atoms with Gasteiger partial charge >= 0.3 is 11.9 Å². The lowest BCUT2D eigenvalue weighted by atomic mass is 9.42. The van der Waals surface area contributed by atoms with Gasteiger partial charge in [0, 0.05) is 47.9 Å². The van der Waals surface area contributed by atoms with Gasteiger partial charge in [0.2, 0.25) is 0 Å². The van der Waals surface area contributed by atoms with Crippen LogP contribution < -0.4 is 5.73 Å². The normalized spacial score (nSPS) is 33.4. The fraction of sp³-hybridized carbons (Fsp3) is 0.537. The van der Waals surface area contributed by atoms with E-state index in [2.05, 4.69) is 24.9 Å². The number of carbonyl (C=O) groups is 4. The number of imide groups is 1. The molecule has 4 heterocycles. The number of ether oxygens (including phenoxy) is 2. The summed E-state index contributed by atoms with van der Waals surface area (Å²) in [6.07, 6.45) is 18.0. The van der Waals surface area contributed by atoms with Crippen LogP contribution >= 0.6 is 0 Å². The van der Waals surface area contributed by atoms with Gasteiger partial charge in [-0.05, 0) is 116 Å². The van der Waals surface area contributed by atoms with E-state index in [0.717, 1.165) is 85.8 Å². The highest BCUT2D eigenvalue weighted by atomic mass is 16.6. The predicted molar refractivity (Wildman–Crippen MR) is 184 cm³/mol. The van der Waals surface area contributed by atoms with Crippen molar-refractivity contribution >= 4 is 29.6 Å². The zero-order chi connectivity index (χ0) is 34.5. The second-order valence-electron chi connectivity index (χ2n) is 15.9. The fourth-order valence-electron chi connectivity index (χ4n) is 11.9. The lowest BCUT2D eigenvalue weighted by Gasteiger charge is -2.58. The number of nitrogens with two attached hydrogens (primary N) is 1. The van der Waals surface area contributed by atoms with Gasteiger partial charge in [0.05, 0.1) is 11.0 Å². The minimum absolute atomic E-state index is 0.0526. The Morgan fingerprint density at radius 2 is 1.80 bits per heavy atom. The molecule has 1 aromatic heterocycles. The Kier molecular flexibility index (Phi) is 7.21. The molecule has 0 aromatic carbocycles. The molecular formula is C41H45N3O6. The van der Waals surface area contributed by atoms with E-state index in [-0.39, 0.29) is 59.4 Å². The third-order valence-corrected chi connectivity index (χ3v) is 13.9. The molecule has 2 bridgehead atoms. The van der Waals surface area contributed by atoms with Crippen molar-refractivity contribution in [2.24, 2.45) is 34.5 Å². The van der Waals surface area contributed by atoms with E-state index < -0.39 is 11.3 Å². The number of fused-ring (bicyclic) bond motifs is 1. The molecule has 3 aliphatic heterocycles. The van der Waals surface area contributed by atoms with E-state index in [0.29, 0.717) is 23.6 Å². The summed E-state index contributed by atoms with van der Waals surface area (Å²) < 4.78 is 12.8. The quantitative estimate of drug-likeness (QED) is 0.237. The van der Waals surface area contributed by atoms with Gasteiger partial charge in [-0.1, -0.05) is 33.1 Å². The van der Waals surface area contributed by atoms with Crippen LogP contribution in [0.25, 0.3) is 0 Å². The first-order valence-corrected chi connectivity index (χ1v) is 18.8. The number of carbonyl (C=O) groups excluding carboxylic acids is 4. The van der Waals surface area contributed by atoms with Crippen molar-refractivity contribution in [3.05, 3.63) is 81.5 Å². The zero-order valence-corrected chi connectivity index (χ0v) is 29.0. The Balaban J connectivity index is 1.27. The van der Waals surface area contributed by atoms with Crippen LogP contribution in [-0.2, 0) is 28.7 Å². The van der Waals surface area contributed by atoms with Crippen LogP contribution in [0.5, 0.6) is 0 Å². The number of unbranched alkanes of at least 4 members (excludes halogenated alkanes) is 1. The molecule has 2 amide bonds. The van der Waals surface area contributed by atoms with E-state index in [4.69, 9.17) is 15.2 Å². The number of anilines is 1. The number of hydrogen-bond acceptors (Lipinski definition) is 8. The van der Waals surface area contributed by atoms with Crippen LogP contribution in [-0.4, -0.2) is 40.2 Å². The van der Waals surface area contributed by atoms with Gasteiger partial charge in [-0.2, -0.15) is 0 Å². The van der Waals surface area contributed by atoms with Gasteiger partial charge in [0.15, 0.2) is 0 Å². The summed E-state index contributed by atoms with van der Waals surface area (Å²) >= 11 is 0. The highest BCUT2D eigenvalue weighted by Crippen LogP contribution is 2.73. The minimum Gasteiger partial charge on any atom is -0.427 e. The third kappa shape index (κ3) is 4.21. The fourth-order valence-corrected chi connectivity index (χ4v) is 11.9. The predicted octanol–water partition coefficient (Wildman–Crippen LogP) is 6.74. The molecule has 6 atom stereocenters. The average molecular weight is 676 g/mol. The summed E-state index contributed by atoms with van der Waals surface area (Å²) in [5, 5.41) is 0. The Hall–Kier alpha value is -4.27. The van der Waals surface area contributed by atoms with Gasteiger partial charge in [0.1, 0.15) is 17.3 Å². The maximum absolute atomic E-state index is 14.4. The number of pyridine rings is 1. The zero-order valence-electron chi connectivity index (χ0n) is 29.0. The van der Waals surface area contributed by atoms with Crippen LogP contribution in [0.15, 0.2) is 75.9 Å². The van der Waals surface area contributed by atoms with Crippen LogP contribution in [0.2, 0.25) is 0 Å². The van der Waals surface area contributed by atoms with Gasteiger partial charge in [-0.15, -0.1) is 0 Å². The van der Waals surface area contributed by atoms with E-state index in [1.54, 1.807) is 12.3 Å². The molecule has 10 rings (SSSR count). The highest BCUT2D eigenvalue weighted by Gasteiger charge is 2.70. The molecule has 1 saturated heterocycles. The lowest BCUT2D eigenvalue weighted by Crippen LogP contribution is -2.54. The molecule has 0 radical (unpaired) electrons. The van der Waals surface area contributed by atoms with Crippen molar-refractivity contribution in [3.63, 3.8) is 0 Å². The first-order valence-electron chi connectivity index (χ1n) is 18.8. The molecule has 0 unspecified atom stereocenters.